The smallest absolute Gasteiger partial charge is 0.266 e. The molecule has 2 aromatic heterocycles. The Bertz CT molecular complexity index is 2860. The lowest BCUT2D eigenvalue weighted by Gasteiger charge is -2.45. The molecule has 4 fully saturated rings. The monoisotopic (exact) mass is 950 g/mol. The van der Waals surface area contributed by atoms with Crippen molar-refractivity contribution >= 4 is 69.2 Å². The molecule has 4 N–H and O–H groups in total. The summed E-state index contributed by atoms with van der Waals surface area (Å²) in [7, 11) is 0. The molecule has 0 spiro atoms. The predicted molar refractivity (Wildman–Crippen MR) is 260 cm³/mol. The number of pyridine rings is 2. The number of hydrogen-bond acceptors (Lipinski definition) is 13. The van der Waals surface area contributed by atoms with Gasteiger partial charge in [0.2, 0.25) is 23.6 Å². The van der Waals surface area contributed by atoms with Crippen molar-refractivity contribution in [3.8, 4) is 11.5 Å². The topological polar surface area (TPSA) is 199 Å². The molecule has 0 bridgehead atoms. The van der Waals surface area contributed by atoms with Gasteiger partial charge in [-0.05, 0) is 113 Å². The van der Waals surface area contributed by atoms with Gasteiger partial charge in [0.25, 0.3) is 11.8 Å². The van der Waals surface area contributed by atoms with E-state index in [0.717, 1.165) is 43.9 Å². The number of halogens is 1. The summed E-state index contributed by atoms with van der Waals surface area (Å²) in [5.41, 5.74) is 1.53. The summed E-state index contributed by atoms with van der Waals surface area (Å²) in [5, 5.41) is 11.8. The van der Waals surface area contributed by atoms with Crippen LogP contribution in [0.3, 0.4) is 0 Å². The Morgan fingerprint density at radius 2 is 1.47 bits per heavy atom. The SMILES string of the molecule is C[C@H](CNc1nccc2c1C(=O)N(C1CCC(=O)NC1=O)C2=O)N1CCN([C@H](C)C2CCN(c3cc4nccc(Oc5ccc(NC(=O)C6(C(=O)Nc7ccccc7)CC6)cc5)c4cc3F)CC2)CC1. The number of amides is 6. The van der Waals surface area contributed by atoms with Crippen molar-refractivity contribution in [3.63, 3.8) is 0 Å². The highest BCUT2D eigenvalue weighted by atomic mass is 19.1. The highest BCUT2D eigenvalue weighted by Crippen LogP contribution is 2.48. The lowest BCUT2D eigenvalue weighted by Crippen LogP contribution is -2.55. The lowest BCUT2D eigenvalue weighted by atomic mass is 9.88. The molecule has 3 atom stereocenters. The van der Waals surface area contributed by atoms with E-state index >= 15 is 4.39 Å². The zero-order chi connectivity index (χ0) is 48.7. The van der Waals surface area contributed by atoms with E-state index in [1.54, 1.807) is 54.7 Å². The van der Waals surface area contributed by atoms with Gasteiger partial charge in [0.1, 0.15) is 34.6 Å². The Balaban J connectivity index is 0.692. The number of nitrogens with zero attached hydrogens (tertiary/aromatic N) is 6. The molecule has 3 saturated heterocycles. The van der Waals surface area contributed by atoms with Crippen LogP contribution in [0.25, 0.3) is 10.9 Å². The van der Waals surface area contributed by atoms with E-state index in [1.807, 2.05) is 18.2 Å². The number of carbonyl (C=O) groups excluding carboxylic acids is 6. The number of para-hydroxylation sites is 1. The summed E-state index contributed by atoms with van der Waals surface area (Å²) in [5.74, 6) is -1.56. The van der Waals surface area contributed by atoms with Crippen LogP contribution in [-0.2, 0) is 19.2 Å². The molecule has 6 amide bonds. The number of aromatic nitrogens is 2. The first kappa shape index (κ1) is 46.4. The van der Waals surface area contributed by atoms with E-state index in [9.17, 15) is 28.8 Å². The van der Waals surface area contributed by atoms with Gasteiger partial charge in [0.05, 0.1) is 22.3 Å². The first-order valence-corrected chi connectivity index (χ1v) is 24.1. The van der Waals surface area contributed by atoms with E-state index in [-0.39, 0.29) is 47.6 Å². The van der Waals surface area contributed by atoms with Gasteiger partial charge >= 0.3 is 0 Å². The van der Waals surface area contributed by atoms with Crippen LogP contribution in [0.5, 0.6) is 11.5 Å². The third-order valence-electron chi connectivity index (χ3n) is 14.8. The number of imide groups is 2. The van der Waals surface area contributed by atoms with Gasteiger partial charge in [0, 0.05) is 93.5 Å². The number of rotatable bonds is 14. The van der Waals surface area contributed by atoms with E-state index in [2.05, 4.69) is 59.8 Å². The fourth-order valence-electron chi connectivity index (χ4n) is 10.3. The zero-order valence-corrected chi connectivity index (χ0v) is 39.1. The molecule has 10 rings (SSSR count). The molecule has 4 aliphatic heterocycles. The number of piperidine rings is 2. The number of nitrogens with one attached hydrogen (secondary N) is 4. The molecule has 18 heteroatoms. The average molecular weight is 951 g/mol. The summed E-state index contributed by atoms with van der Waals surface area (Å²) in [6, 6.07) is 21.8. The Labute approximate surface area is 404 Å². The summed E-state index contributed by atoms with van der Waals surface area (Å²) in [6.07, 6.45) is 6.05. The Morgan fingerprint density at radius 1 is 0.800 bits per heavy atom. The molecule has 1 saturated carbocycles. The lowest BCUT2D eigenvalue weighted by molar-refractivity contribution is -0.136. The van der Waals surface area contributed by atoms with E-state index < -0.39 is 35.1 Å². The van der Waals surface area contributed by atoms with Crippen LogP contribution in [0.4, 0.5) is 27.3 Å². The van der Waals surface area contributed by atoms with Gasteiger partial charge < -0.3 is 25.6 Å². The number of ether oxygens (including phenoxy) is 1. The van der Waals surface area contributed by atoms with Gasteiger partial charge in [-0.25, -0.2) is 9.37 Å². The minimum atomic E-state index is -1.10. The minimum Gasteiger partial charge on any atom is -0.457 e. The average Bonchev–Trinajstić information content (AvgIpc) is 4.15. The number of anilines is 4. The Kier molecular flexibility index (Phi) is 12.8. The van der Waals surface area contributed by atoms with Crippen LogP contribution in [-0.4, -0.2) is 124 Å². The highest BCUT2D eigenvalue weighted by Gasteiger charge is 2.56. The first-order chi connectivity index (χ1) is 33.9. The maximum atomic E-state index is 16.0. The van der Waals surface area contributed by atoms with Crippen molar-refractivity contribution in [2.24, 2.45) is 11.3 Å². The van der Waals surface area contributed by atoms with Gasteiger partial charge in [0.15, 0.2) is 0 Å². The second kappa shape index (κ2) is 19.2. The molecule has 3 aromatic carbocycles. The normalized spacial score (nSPS) is 20.4. The second-order valence-electron chi connectivity index (χ2n) is 19.0. The number of fused-ring (bicyclic) bond motifs is 2. The third-order valence-corrected chi connectivity index (χ3v) is 14.8. The largest absolute Gasteiger partial charge is 0.457 e. The van der Waals surface area contributed by atoms with Crippen molar-refractivity contribution < 1.29 is 37.9 Å². The van der Waals surface area contributed by atoms with Crippen molar-refractivity contribution in [2.45, 2.75) is 70.5 Å². The second-order valence-corrected chi connectivity index (χ2v) is 19.0. The van der Waals surface area contributed by atoms with E-state index in [1.165, 1.54) is 18.3 Å². The quantitative estimate of drug-likeness (QED) is 0.0743. The molecule has 6 heterocycles. The van der Waals surface area contributed by atoms with Crippen molar-refractivity contribution in [1.29, 1.82) is 0 Å². The minimum absolute atomic E-state index is 0.0509. The van der Waals surface area contributed by atoms with Gasteiger partial charge in [-0.2, -0.15) is 0 Å². The van der Waals surface area contributed by atoms with Crippen LogP contribution < -0.4 is 30.9 Å². The highest BCUT2D eigenvalue weighted by molar-refractivity contribution is 6.25. The summed E-state index contributed by atoms with van der Waals surface area (Å²) in [6.45, 7) is 9.84. The molecule has 362 valence electrons. The summed E-state index contributed by atoms with van der Waals surface area (Å²) < 4.78 is 22.2. The molecular formula is C52H55FN10O7. The van der Waals surface area contributed by atoms with Crippen LogP contribution in [0, 0.1) is 17.2 Å². The maximum Gasteiger partial charge on any atom is 0.266 e. The molecule has 70 heavy (non-hydrogen) atoms. The van der Waals surface area contributed by atoms with Crippen molar-refractivity contribution in [3.05, 3.63) is 108 Å². The molecule has 5 aromatic rings. The van der Waals surface area contributed by atoms with Crippen molar-refractivity contribution in [1.82, 2.24) is 30.0 Å². The third kappa shape index (κ3) is 9.15. The summed E-state index contributed by atoms with van der Waals surface area (Å²) >= 11 is 0. The molecule has 1 unspecified atom stereocenters. The Hall–Kier alpha value is -7.31. The van der Waals surface area contributed by atoms with E-state index in [0.29, 0.717) is 89.7 Å². The fraction of sp³-hybridized carbons (Fsp3) is 0.385. The molecule has 1 aliphatic carbocycles. The number of hydrogen-bond donors (Lipinski definition) is 4. The molecular weight excluding hydrogens is 896 g/mol. The zero-order valence-electron chi connectivity index (χ0n) is 39.1. The van der Waals surface area contributed by atoms with Gasteiger partial charge in [-0.15, -0.1) is 0 Å². The number of benzene rings is 3. The molecule has 5 aliphatic rings. The molecule has 0 radical (unpaired) electrons. The predicted octanol–water partition coefficient (Wildman–Crippen LogP) is 6.04. The Morgan fingerprint density at radius 3 is 2.16 bits per heavy atom. The number of piperazine rings is 1. The van der Waals surface area contributed by atoms with E-state index in [4.69, 9.17) is 4.74 Å². The standard InChI is InChI=1S/C52H55FN10O7/c1-31(30-56-46-45-37(14-20-55-46)48(66)63(49(45)67)41-12-13-44(64)59-47(41)65)60-24-26-61(27-25-60)32(2)33-16-22-62(23-17-33)42-29-40-38(28-39(42)53)43(15-21-54-40)70-36-10-8-35(9-11-36)58-51(69)52(18-19-52)50(68)57-34-6-4-3-5-7-34/h3-11,14-15,20-21,28-29,31-33,41H,12-13,16-19,22-27,30H2,1-2H3,(H,55,56)(H,57,68)(H,58,69)(H,59,64,65)/t31-,32-,41?/m1/s1. The van der Waals surface area contributed by atoms with Gasteiger partial charge in [-0.1, -0.05) is 18.2 Å². The van der Waals surface area contributed by atoms with Crippen LogP contribution in [0.1, 0.15) is 73.1 Å². The van der Waals surface area contributed by atoms with Crippen LogP contribution in [0.15, 0.2) is 91.3 Å². The van der Waals surface area contributed by atoms with Crippen molar-refractivity contribution in [2.75, 3.05) is 66.7 Å². The maximum absolute atomic E-state index is 16.0. The van der Waals surface area contributed by atoms with Crippen LogP contribution in [0.2, 0.25) is 0 Å². The van der Waals surface area contributed by atoms with Gasteiger partial charge in [-0.3, -0.25) is 53.8 Å². The number of carbonyl (C=O) groups is 6. The van der Waals surface area contributed by atoms with Crippen LogP contribution >= 0.6 is 0 Å². The summed E-state index contributed by atoms with van der Waals surface area (Å²) in [4.78, 5) is 94.2. The molecule has 17 nitrogen and oxygen atoms in total. The first-order valence-electron chi connectivity index (χ1n) is 24.1. The fourth-order valence-corrected chi connectivity index (χ4v) is 10.3.